The van der Waals surface area contributed by atoms with Crippen molar-refractivity contribution in [3.05, 3.63) is 64.5 Å². The number of thiophene rings is 1. The molecule has 1 aromatic heterocycles. The van der Waals surface area contributed by atoms with Crippen molar-refractivity contribution >= 4 is 17.3 Å². The molecule has 0 spiro atoms. The highest BCUT2D eigenvalue weighted by molar-refractivity contribution is 7.18. The normalized spacial score (nSPS) is 10.4. The lowest BCUT2D eigenvalue weighted by atomic mass is 10.0. The minimum Gasteiger partial charge on any atom is -0.494 e. The predicted octanol–water partition coefficient (Wildman–Crippen LogP) is 5.42. The highest BCUT2D eigenvalue weighted by atomic mass is 32.1. The molecule has 0 atom stereocenters. The van der Waals surface area contributed by atoms with Gasteiger partial charge >= 0.3 is 5.97 Å². The summed E-state index contributed by atoms with van der Waals surface area (Å²) >= 11 is 1.12. The molecule has 3 rings (SSSR count). The molecule has 3 aromatic rings. The van der Waals surface area contributed by atoms with Gasteiger partial charge in [0.15, 0.2) is 11.6 Å². The van der Waals surface area contributed by atoms with Crippen molar-refractivity contribution in [3.8, 4) is 33.4 Å². The summed E-state index contributed by atoms with van der Waals surface area (Å²) in [6.45, 7) is 1.91. The van der Waals surface area contributed by atoms with E-state index in [-0.39, 0.29) is 17.9 Å². The van der Waals surface area contributed by atoms with E-state index in [2.05, 4.69) is 0 Å². The summed E-state index contributed by atoms with van der Waals surface area (Å²) in [6.07, 6.45) is 0. The Kier molecular flexibility index (Phi) is 5.71. The fraction of sp³-hybridized carbons (Fsp3) is 0.143. The molecule has 0 saturated heterocycles. The van der Waals surface area contributed by atoms with Gasteiger partial charge in [-0.3, -0.25) is 0 Å². The Bertz CT molecular complexity index is 1090. The summed E-state index contributed by atoms with van der Waals surface area (Å²) in [7, 11) is 1.37. The van der Waals surface area contributed by atoms with E-state index in [9.17, 15) is 13.6 Å². The first-order chi connectivity index (χ1) is 13.5. The van der Waals surface area contributed by atoms with Crippen molar-refractivity contribution in [3.63, 3.8) is 0 Å². The standard InChI is InChI=1S/C21H15F2NO3S/c1-3-27-21(25)19-10-15(12-4-5-14(11-24)16(22)8-12)20(28-19)13-6-7-18(26-2)17(23)9-13/h4-10H,3H2,1-2H3. The van der Waals surface area contributed by atoms with E-state index in [1.165, 1.54) is 31.4 Å². The van der Waals surface area contributed by atoms with Gasteiger partial charge in [0.1, 0.15) is 16.8 Å². The fourth-order valence-corrected chi connectivity index (χ4v) is 3.77. The van der Waals surface area contributed by atoms with E-state index in [0.717, 1.165) is 11.3 Å². The zero-order valence-electron chi connectivity index (χ0n) is 15.1. The molecule has 142 valence electrons. The van der Waals surface area contributed by atoms with Crippen LogP contribution in [0.3, 0.4) is 0 Å². The average Bonchev–Trinajstić information content (AvgIpc) is 3.13. The minimum atomic E-state index is -0.671. The zero-order chi connectivity index (χ0) is 20.3. The number of hydrogen-bond donors (Lipinski definition) is 0. The predicted molar refractivity (Wildman–Crippen MR) is 102 cm³/mol. The number of ether oxygens (including phenoxy) is 2. The third kappa shape index (κ3) is 3.73. The maximum atomic E-state index is 14.2. The highest BCUT2D eigenvalue weighted by Crippen LogP contribution is 2.41. The number of carbonyl (C=O) groups excluding carboxylic acids is 1. The Morgan fingerprint density at radius 2 is 1.82 bits per heavy atom. The molecule has 0 aliphatic heterocycles. The van der Waals surface area contributed by atoms with Crippen LogP contribution in [0, 0.1) is 23.0 Å². The molecular weight excluding hydrogens is 384 g/mol. The molecule has 0 amide bonds. The first kappa shape index (κ1) is 19.5. The molecule has 0 unspecified atom stereocenters. The minimum absolute atomic E-state index is 0.0818. The maximum absolute atomic E-state index is 14.2. The van der Waals surface area contributed by atoms with Gasteiger partial charge in [-0.15, -0.1) is 11.3 Å². The van der Waals surface area contributed by atoms with Gasteiger partial charge in [-0.05, 0) is 54.4 Å². The third-order valence-corrected chi connectivity index (χ3v) is 5.19. The van der Waals surface area contributed by atoms with Crippen LogP contribution in [0.2, 0.25) is 0 Å². The van der Waals surface area contributed by atoms with E-state index >= 15 is 0 Å². The van der Waals surface area contributed by atoms with Gasteiger partial charge in [0.2, 0.25) is 0 Å². The van der Waals surface area contributed by atoms with Crippen LogP contribution < -0.4 is 4.74 Å². The molecule has 0 fully saturated rings. The van der Waals surface area contributed by atoms with Crippen molar-refractivity contribution in [1.29, 1.82) is 5.26 Å². The third-order valence-electron chi connectivity index (χ3n) is 4.02. The van der Waals surface area contributed by atoms with Gasteiger partial charge in [0.25, 0.3) is 0 Å². The van der Waals surface area contributed by atoms with Crippen molar-refractivity contribution in [2.75, 3.05) is 13.7 Å². The smallest absolute Gasteiger partial charge is 0.348 e. The monoisotopic (exact) mass is 399 g/mol. The van der Waals surface area contributed by atoms with Gasteiger partial charge in [-0.2, -0.15) is 5.26 Å². The van der Waals surface area contributed by atoms with Crippen LogP contribution in [-0.4, -0.2) is 19.7 Å². The van der Waals surface area contributed by atoms with Crippen LogP contribution in [0.1, 0.15) is 22.2 Å². The second-order valence-corrected chi connectivity index (χ2v) is 6.78. The lowest BCUT2D eigenvalue weighted by Gasteiger charge is -2.07. The lowest BCUT2D eigenvalue weighted by molar-refractivity contribution is 0.0532. The van der Waals surface area contributed by atoms with Crippen LogP contribution in [0.25, 0.3) is 21.6 Å². The summed E-state index contributed by atoms with van der Waals surface area (Å²) in [4.78, 5) is 13.1. The second kappa shape index (κ2) is 8.19. The Hall–Kier alpha value is -3.24. The van der Waals surface area contributed by atoms with E-state index in [0.29, 0.717) is 26.4 Å². The first-order valence-corrected chi connectivity index (χ1v) is 9.15. The summed E-state index contributed by atoms with van der Waals surface area (Å²) in [5.74, 6) is -1.64. The summed E-state index contributed by atoms with van der Waals surface area (Å²) in [6, 6.07) is 12.0. The number of halogens is 2. The molecule has 0 radical (unpaired) electrons. The SMILES string of the molecule is CCOC(=O)c1cc(-c2ccc(C#N)c(F)c2)c(-c2ccc(OC)c(F)c2)s1. The topological polar surface area (TPSA) is 59.3 Å². The molecule has 28 heavy (non-hydrogen) atoms. The Morgan fingerprint density at radius 1 is 1.11 bits per heavy atom. The zero-order valence-corrected chi connectivity index (χ0v) is 15.9. The molecule has 4 nitrogen and oxygen atoms in total. The fourth-order valence-electron chi connectivity index (χ4n) is 2.70. The quantitative estimate of drug-likeness (QED) is 0.538. The van der Waals surface area contributed by atoms with E-state index in [1.54, 1.807) is 31.2 Å². The van der Waals surface area contributed by atoms with Gasteiger partial charge in [0, 0.05) is 10.4 Å². The second-order valence-electron chi connectivity index (χ2n) is 5.73. The molecule has 0 aliphatic rings. The number of esters is 1. The number of methoxy groups -OCH3 is 1. The number of nitrogens with zero attached hydrogens (tertiary/aromatic N) is 1. The van der Waals surface area contributed by atoms with Gasteiger partial charge in [0.05, 0.1) is 19.3 Å². The lowest BCUT2D eigenvalue weighted by Crippen LogP contribution is -2.01. The largest absolute Gasteiger partial charge is 0.494 e. The molecule has 0 aliphatic carbocycles. The van der Waals surface area contributed by atoms with E-state index < -0.39 is 17.6 Å². The summed E-state index contributed by atoms with van der Waals surface area (Å²) < 4.78 is 38.3. The van der Waals surface area contributed by atoms with Gasteiger partial charge in [-0.25, -0.2) is 13.6 Å². The van der Waals surface area contributed by atoms with Crippen LogP contribution in [0.4, 0.5) is 8.78 Å². The molecule has 0 saturated carbocycles. The van der Waals surface area contributed by atoms with Crippen molar-refractivity contribution in [1.82, 2.24) is 0 Å². The van der Waals surface area contributed by atoms with Crippen LogP contribution in [0.5, 0.6) is 5.75 Å². The van der Waals surface area contributed by atoms with Crippen molar-refractivity contribution in [2.45, 2.75) is 6.92 Å². The van der Waals surface area contributed by atoms with Crippen LogP contribution in [-0.2, 0) is 4.74 Å². The first-order valence-electron chi connectivity index (χ1n) is 8.33. The number of rotatable bonds is 5. The van der Waals surface area contributed by atoms with Crippen molar-refractivity contribution < 1.29 is 23.0 Å². The Morgan fingerprint density at radius 3 is 2.43 bits per heavy atom. The number of nitriles is 1. The maximum Gasteiger partial charge on any atom is 0.348 e. The van der Waals surface area contributed by atoms with Gasteiger partial charge in [-0.1, -0.05) is 6.07 Å². The van der Waals surface area contributed by atoms with Crippen LogP contribution in [0.15, 0.2) is 42.5 Å². The van der Waals surface area contributed by atoms with E-state index in [1.807, 2.05) is 0 Å². The molecular formula is C21H15F2NO3S. The van der Waals surface area contributed by atoms with Gasteiger partial charge < -0.3 is 9.47 Å². The number of benzene rings is 2. The highest BCUT2D eigenvalue weighted by Gasteiger charge is 2.20. The molecule has 1 heterocycles. The molecule has 7 heteroatoms. The average molecular weight is 399 g/mol. The Balaban J connectivity index is 2.18. The number of carbonyl (C=O) groups is 1. The molecule has 0 N–H and O–H groups in total. The number of hydrogen-bond acceptors (Lipinski definition) is 5. The molecule has 2 aromatic carbocycles. The molecule has 0 bridgehead atoms. The summed E-state index contributed by atoms with van der Waals surface area (Å²) in [5, 5.41) is 8.93. The van der Waals surface area contributed by atoms with Crippen molar-refractivity contribution in [2.24, 2.45) is 0 Å². The van der Waals surface area contributed by atoms with Crippen LogP contribution >= 0.6 is 11.3 Å². The summed E-state index contributed by atoms with van der Waals surface area (Å²) in [5.41, 5.74) is 1.44. The van der Waals surface area contributed by atoms with E-state index in [4.69, 9.17) is 14.7 Å². The Labute approximate surface area is 164 Å².